The zero-order valence-electron chi connectivity index (χ0n) is 7.91. The Morgan fingerprint density at radius 1 is 1.10 bits per heavy atom. The molecule has 0 bridgehead atoms. The first-order valence-corrected chi connectivity index (χ1v) is 4.42. The highest BCUT2D eigenvalue weighted by Crippen LogP contribution is 2.12. The van der Waals surface area contributed by atoms with Gasteiger partial charge < -0.3 is 0 Å². The van der Waals surface area contributed by atoms with E-state index in [9.17, 15) is 0 Å². The van der Waals surface area contributed by atoms with Crippen LogP contribution in [0.2, 0.25) is 0 Å². The topological polar surface area (TPSA) is 0 Å². The molecule has 0 heterocycles. The predicted octanol–water partition coefficient (Wildman–Crippen LogP) is 3.82. The molecule has 0 rings (SSSR count). The van der Waals surface area contributed by atoms with Crippen LogP contribution in [0.3, 0.4) is 0 Å². The van der Waals surface area contributed by atoms with Gasteiger partial charge in [0.05, 0.1) is 0 Å². The third-order valence-corrected chi connectivity index (χ3v) is 1.71. The minimum atomic E-state index is 0.886. The van der Waals surface area contributed by atoms with E-state index in [0.717, 1.165) is 5.92 Å². The molecule has 0 spiro atoms. The molecule has 0 unspecified atom stereocenters. The lowest BCUT2D eigenvalue weighted by Gasteiger charge is -2.05. The predicted molar refractivity (Wildman–Crippen MR) is 47.9 cm³/mol. The van der Waals surface area contributed by atoms with Gasteiger partial charge >= 0.3 is 0 Å². The Morgan fingerprint density at radius 3 is 2.10 bits per heavy atom. The van der Waals surface area contributed by atoms with Crippen molar-refractivity contribution in [3.63, 3.8) is 0 Å². The molecule has 0 saturated heterocycles. The van der Waals surface area contributed by atoms with Crippen LogP contribution in [0.15, 0.2) is 0 Å². The van der Waals surface area contributed by atoms with Crippen LogP contribution in [-0.4, -0.2) is 0 Å². The van der Waals surface area contributed by atoms with E-state index in [1.165, 1.54) is 25.7 Å². The number of hydrogen-bond acceptors (Lipinski definition) is 0. The van der Waals surface area contributed by atoms with Gasteiger partial charge in [0.2, 0.25) is 0 Å². The van der Waals surface area contributed by atoms with Crippen LogP contribution in [0.5, 0.6) is 0 Å². The van der Waals surface area contributed by atoms with Crippen LogP contribution in [0.1, 0.15) is 53.4 Å². The average Bonchev–Trinajstić information content (AvgIpc) is 1.79. The molecule has 0 heteroatoms. The summed E-state index contributed by atoms with van der Waals surface area (Å²) in [6.45, 7) is 9.02. The van der Waals surface area contributed by atoms with Crippen molar-refractivity contribution in [3.8, 4) is 0 Å². The average molecular weight is 141 g/mol. The highest BCUT2D eigenvalue weighted by molar-refractivity contribution is 4.75. The number of hydrogen-bond donors (Lipinski definition) is 0. The van der Waals surface area contributed by atoms with Crippen molar-refractivity contribution in [1.29, 1.82) is 0 Å². The van der Waals surface area contributed by atoms with Crippen LogP contribution in [-0.2, 0) is 0 Å². The Morgan fingerprint density at radius 2 is 1.70 bits per heavy atom. The van der Waals surface area contributed by atoms with Crippen LogP contribution >= 0.6 is 0 Å². The monoisotopic (exact) mass is 141 g/mol. The Balaban J connectivity index is 2.91. The van der Waals surface area contributed by atoms with E-state index in [4.69, 9.17) is 0 Å². The van der Waals surface area contributed by atoms with Gasteiger partial charge in [-0.25, -0.2) is 0 Å². The van der Waals surface area contributed by atoms with Gasteiger partial charge in [-0.15, -0.1) is 0 Å². The minimum absolute atomic E-state index is 0.886. The molecule has 0 atom stereocenters. The van der Waals surface area contributed by atoms with Crippen molar-refractivity contribution in [2.24, 2.45) is 5.92 Å². The van der Waals surface area contributed by atoms with E-state index < -0.39 is 0 Å². The second-order valence-corrected chi connectivity index (χ2v) is 3.85. The SMILES string of the molecule is C[C](C)CCCCC(C)C. The Hall–Kier alpha value is 0. The molecule has 0 amide bonds. The fraction of sp³-hybridized carbons (Fsp3) is 0.900. The molecule has 61 valence electrons. The molecule has 0 aliphatic carbocycles. The summed E-state index contributed by atoms with van der Waals surface area (Å²) in [4.78, 5) is 0. The molecule has 0 fully saturated rings. The van der Waals surface area contributed by atoms with E-state index in [2.05, 4.69) is 27.7 Å². The molecule has 0 aliphatic rings. The first-order valence-electron chi connectivity index (χ1n) is 4.42. The first-order chi connectivity index (χ1) is 4.63. The summed E-state index contributed by atoms with van der Waals surface area (Å²) in [5.41, 5.74) is 0. The van der Waals surface area contributed by atoms with Crippen molar-refractivity contribution in [2.45, 2.75) is 53.4 Å². The van der Waals surface area contributed by atoms with Gasteiger partial charge in [0.15, 0.2) is 0 Å². The van der Waals surface area contributed by atoms with Crippen molar-refractivity contribution < 1.29 is 0 Å². The molecule has 0 aromatic rings. The fourth-order valence-electron chi connectivity index (χ4n) is 1.03. The number of unbranched alkanes of at least 4 members (excludes halogenated alkanes) is 1. The summed E-state index contributed by atoms with van der Waals surface area (Å²) < 4.78 is 0. The maximum Gasteiger partial charge on any atom is -0.0303 e. The van der Waals surface area contributed by atoms with E-state index in [1.54, 1.807) is 5.92 Å². The van der Waals surface area contributed by atoms with E-state index in [1.807, 2.05) is 0 Å². The second kappa shape index (κ2) is 5.76. The van der Waals surface area contributed by atoms with Crippen LogP contribution in [0.25, 0.3) is 0 Å². The molecular weight excluding hydrogens is 120 g/mol. The fourth-order valence-corrected chi connectivity index (χ4v) is 1.03. The van der Waals surface area contributed by atoms with Crippen LogP contribution in [0.4, 0.5) is 0 Å². The smallest absolute Gasteiger partial charge is 0.0303 e. The van der Waals surface area contributed by atoms with Crippen molar-refractivity contribution in [1.82, 2.24) is 0 Å². The summed E-state index contributed by atoms with van der Waals surface area (Å²) >= 11 is 0. The van der Waals surface area contributed by atoms with Crippen molar-refractivity contribution in [3.05, 3.63) is 5.92 Å². The Kier molecular flexibility index (Phi) is 5.76. The van der Waals surface area contributed by atoms with Crippen LogP contribution < -0.4 is 0 Å². The van der Waals surface area contributed by atoms with Crippen molar-refractivity contribution in [2.75, 3.05) is 0 Å². The summed E-state index contributed by atoms with van der Waals surface area (Å²) in [5, 5.41) is 0. The molecule has 1 radical (unpaired) electrons. The lowest BCUT2D eigenvalue weighted by molar-refractivity contribution is 0.530. The van der Waals surface area contributed by atoms with Gasteiger partial charge in [-0.3, -0.25) is 0 Å². The van der Waals surface area contributed by atoms with Crippen molar-refractivity contribution >= 4 is 0 Å². The molecule has 0 aromatic heterocycles. The van der Waals surface area contributed by atoms with E-state index in [-0.39, 0.29) is 0 Å². The molecule has 0 nitrogen and oxygen atoms in total. The zero-order valence-corrected chi connectivity index (χ0v) is 7.91. The van der Waals surface area contributed by atoms with E-state index >= 15 is 0 Å². The maximum atomic E-state index is 2.29. The van der Waals surface area contributed by atoms with Gasteiger partial charge in [-0.2, -0.15) is 0 Å². The number of rotatable bonds is 5. The third kappa shape index (κ3) is 8.00. The second-order valence-electron chi connectivity index (χ2n) is 3.85. The molecule has 0 saturated carbocycles. The zero-order chi connectivity index (χ0) is 7.98. The molecule has 0 aliphatic heterocycles. The van der Waals surface area contributed by atoms with Gasteiger partial charge in [-0.1, -0.05) is 47.0 Å². The highest BCUT2D eigenvalue weighted by atomic mass is 14.0. The first kappa shape index (κ1) is 10.0. The molecule has 0 N–H and O–H groups in total. The largest absolute Gasteiger partial charge is 0.0628 e. The maximum absolute atomic E-state index is 2.29. The van der Waals surface area contributed by atoms with E-state index in [0.29, 0.717) is 0 Å². The summed E-state index contributed by atoms with van der Waals surface area (Å²) in [6, 6.07) is 0. The van der Waals surface area contributed by atoms with Crippen LogP contribution in [0, 0.1) is 11.8 Å². The Labute approximate surface area is 66.0 Å². The summed E-state index contributed by atoms with van der Waals surface area (Å²) in [5.74, 6) is 2.46. The minimum Gasteiger partial charge on any atom is -0.0628 e. The summed E-state index contributed by atoms with van der Waals surface area (Å²) in [6.07, 6.45) is 5.52. The highest BCUT2D eigenvalue weighted by Gasteiger charge is 1.96. The van der Waals surface area contributed by atoms with Gasteiger partial charge in [-0.05, 0) is 18.3 Å². The quantitative estimate of drug-likeness (QED) is 0.511. The third-order valence-electron chi connectivity index (χ3n) is 1.71. The van der Waals surface area contributed by atoms with Gasteiger partial charge in [0.1, 0.15) is 0 Å². The molecular formula is C10H21. The normalized spacial score (nSPS) is 11.4. The molecule has 10 heavy (non-hydrogen) atoms. The lowest BCUT2D eigenvalue weighted by Crippen LogP contribution is -1.89. The van der Waals surface area contributed by atoms with Gasteiger partial charge in [0.25, 0.3) is 0 Å². The standard InChI is InChI=1S/C10H21/c1-9(2)7-5-6-8-10(3)4/h9H,5-8H2,1-4H3. The molecule has 0 aromatic carbocycles. The summed E-state index contributed by atoms with van der Waals surface area (Å²) in [7, 11) is 0. The van der Waals surface area contributed by atoms with Gasteiger partial charge in [0, 0.05) is 0 Å². The Bertz CT molecular complexity index is 52.4. The lowest BCUT2D eigenvalue weighted by atomic mass is 10.0.